The van der Waals surface area contributed by atoms with Crippen LogP contribution in [0.4, 0.5) is 0 Å². The van der Waals surface area contributed by atoms with E-state index in [2.05, 4.69) is 43.0 Å². The zero-order valence-corrected chi connectivity index (χ0v) is 13.5. The number of benzene rings is 2. The Morgan fingerprint density at radius 2 is 1.77 bits per heavy atom. The van der Waals surface area contributed by atoms with Gasteiger partial charge in [-0.3, -0.25) is 4.79 Å². The van der Waals surface area contributed by atoms with E-state index in [0.29, 0.717) is 13.0 Å². The van der Waals surface area contributed by atoms with Crippen molar-refractivity contribution in [3.63, 3.8) is 0 Å². The van der Waals surface area contributed by atoms with E-state index in [9.17, 15) is 4.79 Å². The lowest BCUT2D eigenvalue weighted by Crippen LogP contribution is -2.08. The van der Waals surface area contributed by atoms with Crippen LogP contribution in [0.5, 0.6) is 0 Å². The molecule has 0 saturated heterocycles. The predicted molar refractivity (Wildman–Crippen MR) is 91.2 cm³/mol. The van der Waals surface area contributed by atoms with Crippen molar-refractivity contribution in [3.05, 3.63) is 72.8 Å². The van der Waals surface area contributed by atoms with E-state index >= 15 is 0 Å². The molecule has 2 aromatic carbocycles. The highest BCUT2D eigenvalue weighted by molar-refractivity contribution is 7.99. The molecular weight excluding hydrogens is 292 g/mol. The molecule has 0 heterocycles. The molecule has 0 aliphatic heterocycles. The largest absolute Gasteiger partial charge is 0.466 e. The quantitative estimate of drug-likeness (QED) is 0.528. The monoisotopic (exact) mass is 312 g/mol. The van der Waals surface area contributed by atoms with E-state index < -0.39 is 0 Å². The topological polar surface area (TPSA) is 26.3 Å². The fourth-order valence-electron chi connectivity index (χ4n) is 2.14. The fourth-order valence-corrected chi connectivity index (χ4v) is 2.98. The molecule has 0 aliphatic rings. The summed E-state index contributed by atoms with van der Waals surface area (Å²) >= 11 is 1.72. The van der Waals surface area contributed by atoms with E-state index in [1.807, 2.05) is 25.1 Å². The maximum atomic E-state index is 11.6. The molecule has 0 aliphatic carbocycles. The molecule has 0 bridgehead atoms. The first kappa shape index (κ1) is 16.4. The molecule has 0 radical (unpaired) electrons. The van der Waals surface area contributed by atoms with E-state index in [1.54, 1.807) is 17.8 Å². The van der Waals surface area contributed by atoms with Crippen molar-refractivity contribution in [2.45, 2.75) is 29.1 Å². The standard InChI is InChI=1S/C19H20O2S/c1-3-15(14-19(20)21-4-2)16-10-12-18(13-11-16)22-17-8-6-5-7-9-17/h3,5-13,15H,1,4,14H2,2H3. The summed E-state index contributed by atoms with van der Waals surface area (Å²) in [6.07, 6.45) is 2.14. The van der Waals surface area contributed by atoms with Gasteiger partial charge in [-0.05, 0) is 36.8 Å². The molecule has 0 amide bonds. The average molecular weight is 312 g/mol. The van der Waals surface area contributed by atoms with Crippen LogP contribution in [0.1, 0.15) is 24.8 Å². The molecule has 2 rings (SSSR count). The third-order valence-electron chi connectivity index (χ3n) is 3.26. The molecule has 0 N–H and O–H groups in total. The van der Waals surface area contributed by atoms with Crippen LogP contribution in [-0.4, -0.2) is 12.6 Å². The summed E-state index contributed by atoms with van der Waals surface area (Å²) in [5.74, 6) is -0.190. The molecule has 0 saturated carbocycles. The number of allylic oxidation sites excluding steroid dienone is 1. The third kappa shape index (κ3) is 4.78. The molecule has 3 heteroatoms. The highest BCUT2D eigenvalue weighted by Gasteiger charge is 2.13. The summed E-state index contributed by atoms with van der Waals surface area (Å²) < 4.78 is 5.01. The molecule has 0 fully saturated rings. The maximum absolute atomic E-state index is 11.6. The zero-order valence-electron chi connectivity index (χ0n) is 12.7. The van der Waals surface area contributed by atoms with Crippen molar-refractivity contribution in [3.8, 4) is 0 Å². The second kappa shape index (κ2) is 8.44. The van der Waals surface area contributed by atoms with Crippen LogP contribution >= 0.6 is 11.8 Å². The van der Waals surface area contributed by atoms with Gasteiger partial charge in [0.05, 0.1) is 13.0 Å². The lowest BCUT2D eigenvalue weighted by Gasteiger charge is -2.12. The third-order valence-corrected chi connectivity index (χ3v) is 4.28. The molecule has 0 spiro atoms. The van der Waals surface area contributed by atoms with Crippen LogP contribution in [0.3, 0.4) is 0 Å². The van der Waals surface area contributed by atoms with Gasteiger partial charge in [0.15, 0.2) is 0 Å². The fraction of sp³-hybridized carbons (Fsp3) is 0.211. The van der Waals surface area contributed by atoms with E-state index in [4.69, 9.17) is 4.74 Å². The second-order valence-corrected chi connectivity index (χ2v) is 5.98. The Morgan fingerprint density at radius 1 is 1.14 bits per heavy atom. The van der Waals surface area contributed by atoms with Gasteiger partial charge in [0.1, 0.15) is 0 Å². The summed E-state index contributed by atoms with van der Waals surface area (Å²) in [4.78, 5) is 14.0. The number of carbonyl (C=O) groups is 1. The minimum absolute atomic E-state index is 0.00479. The van der Waals surface area contributed by atoms with Crippen molar-refractivity contribution in [2.24, 2.45) is 0 Å². The van der Waals surface area contributed by atoms with Crippen LogP contribution < -0.4 is 0 Å². The first-order valence-corrected chi connectivity index (χ1v) is 8.15. The minimum atomic E-state index is -0.185. The van der Waals surface area contributed by atoms with E-state index in [0.717, 1.165) is 5.56 Å². The smallest absolute Gasteiger partial charge is 0.306 e. The first-order chi connectivity index (χ1) is 10.7. The van der Waals surface area contributed by atoms with Crippen molar-refractivity contribution < 1.29 is 9.53 Å². The van der Waals surface area contributed by atoms with Crippen LogP contribution in [0, 0.1) is 0 Å². The van der Waals surface area contributed by atoms with Gasteiger partial charge < -0.3 is 4.74 Å². The lowest BCUT2D eigenvalue weighted by atomic mass is 9.96. The summed E-state index contributed by atoms with van der Waals surface area (Å²) in [6, 6.07) is 18.5. The molecular formula is C19H20O2S. The van der Waals surface area contributed by atoms with Gasteiger partial charge in [0.2, 0.25) is 0 Å². The Kier molecular flexibility index (Phi) is 6.28. The molecule has 1 atom stereocenters. The summed E-state index contributed by atoms with van der Waals surface area (Å²) in [5, 5.41) is 0. The normalized spacial score (nSPS) is 11.7. The van der Waals surface area contributed by atoms with Gasteiger partial charge >= 0.3 is 5.97 Å². The average Bonchev–Trinajstić information content (AvgIpc) is 2.55. The SMILES string of the molecule is C=CC(CC(=O)OCC)c1ccc(Sc2ccccc2)cc1. The summed E-state index contributed by atoms with van der Waals surface area (Å²) in [5.41, 5.74) is 1.08. The Bertz CT molecular complexity index is 605. The first-order valence-electron chi connectivity index (χ1n) is 7.34. The molecule has 1 unspecified atom stereocenters. The van der Waals surface area contributed by atoms with Gasteiger partial charge in [-0.1, -0.05) is 48.2 Å². The number of hydrogen-bond donors (Lipinski definition) is 0. The highest BCUT2D eigenvalue weighted by Crippen LogP contribution is 2.29. The van der Waals surface area contributed by atoms with Crippen LogP contribution in [0.2, 0.25) is 0 Å². The van der Waals surface area contributed by atoms with Crippen molar-refractivity contribution >= 4 is 17.7 Å². The zero-order chi connectivity index (χ0) is 15.8. The van der Waals surface area contributed by atoms with Crippen LogP contribution in [-0.2, 0) is 9.53 Å². The van der Waals surface area contributed by atoms with Crippen LogP contribution in [0.25, 0.3) is 0 Å². The molecule has 22 heavy (non-hydrogen) atoms. The molecule has 2 nitrogen and oxygen atoms in total. The van der Waals surface area contributed by atoms with Gasteiger partial charge in [-0.25, -0.2) is 0 Å². The lowest BCUT2D eigenvalue weighted by molar-refractivity contribution is -0.143. The van der Waals surface area contributed by atoms with Gasteiger partial charge in [-0.15, -0.1) is 6.58 Å². The van der Waals surface area contributed by atoms with Gasteiger partial charge in [0, 0.05) is 15.7 Å². The highest BCUT2D eigenvalue weighted by atomic mass is 32.2. The van der Waals surface area contributed by atoms with Gasteiger partial charge in [-0.2, -0.15) is 0 Å². The van der Waals surface area contributed by atoms with Gasteiger partial charge in [0.25, 0.3) is 0 Å². The predicted octanol–water partition coefficient (Wildman–Crippen LogP) is 5.06. The Labute approximate surface area is 136 Å². The van der Waals surface area contributed by atoms with Crippen molar-refractivity contribution in [1.29, 1.82) is 0 Å². The molecule has 114 valence electrons. The number of ether oxygens (including phenoxy) is 1. The number of hydrogen-bond acceptors (Lipinski definition) is 3. The number of rotatable bonds is 7. The Morgan fingerprint density at radius 3 is 2.36 bits per heavy atom. The maximum Gasteiger partial charge on any atom is 0.306 e. The number of esters is 1. The van der Waals surface area contributed by atoms with Crippen molar-refractivity contribution in [2.75, 3.05) is 6.61 Å². The van der Waals surface area contributed by atoms with Crippen molar-refractivity contribution in [1.82, 2.24) is 0 Å². The van der Waals surface area contributed by atoms with Crippen LogP contribution in [0.15, 0.2) is 77.0 Å². The molecule has 0 aromatic heterocycles. The summed E-state index contributed by atoms with van der Waals surface area (Å²) in [6.45, 7) is 6.06. The van der Waals surface area contributed by atoms with E-state index in [-0.39, 0.29) is 11.9 Å². The Balaban J connectivity index is 2.03. The molecule has 2 aromatic rings. The van der Waals surface area contributed by atoms with E-state index in [1.165, 1.54) is 9.79 Å². The minimum Gasteiger partial charge on any atom is -0.466 e. The number of carbonyl (C=O) groups excluding carboxylic acids is 1. The summed E-state index contributed by atoms with van der Waals surface area (Å²) in [7, 11) is 0. The Hall–Kier alpha value is -2.00. The second-order valence-electron chi connectivity index (χ2n) is 4.84.